The average Bonchev–Trinajstić information content (AvgIpc) is 2.62. The van der Waals surface area contributed by atoms with Crippen molar-refractivity contribution in [2.24, 2.45) is 0 Å². The monoisotopic (exact) mass is 349 g/mol. The minimum absolute atomic E-state index is 0.311. The maximum atomic E-state index is 12.4. The van der Waals surface area contributed by atoms with Gasteiger partial charge in [0.25, 0.3) is 0 Å². The number of anilines is 2. The molecule has 0 aliphatic rings. The summed E-state index contributed by atoms with van der Waals surface area (Å²) in [6.45, 7) is 8.33. The highest BCUT2D eigenvalue weighted by Crippen LogP contribution is 2.30. The number of aryl methyl sites for hydroxylation is 1. The number of fused-ring (bicyclic) bond motifs is 1. The first kappa shape index (κ1) is 17.9. The molecule has 5 nitrogen and oxygen atoms in total. The normalized spacial score (nSPS) is 11.0. The number of nitrogens with zero attached hydrogens (tertiary/aromatic N) is 2. The van der Waals surface area contributed by atoms with E-state index in [0.717, 1.165) is 16.8 Å². The molecule has 0 radical (unpaired) electrons. The first-order chi connectivity index (χ1) is 12.5. The lowest BCUT2D eigenvalue weighted by molar-refractivity contribution is 0.0527. The first-order valence-corrected chi connectivity index (χ1v) is 8.80. The third-order valence-corrected chi connectivity index (χ3v) is 4.21. The highest BCUT2D eigenvalue weighted by Gasteiger charge is 2.17. The molecule has 5 heteroatoms. The fourth-order valence-electron chi connectivity index (χ4n) is 2.77. The van der Waals surface area contributed by atoms with Crippen molar-refractivity contribution in [3.05, 3.63) is 59.4 Å². The van der Waals surface area contributed by atoms with Gasteiger partial charge < -0.3 is 10.1 Å². The Morgan fingerprint density at radius 1 is 1.15 bits per heavy atom. The van der Waals surface area contributed by atoms with Gasteiger partial charge in [-0.25, -0.2) is 14.8 Å². The summed E-state index contributed by atoms with van der Waals surface area (Å²) in [4.78, 5) is 21.2. The van der Waals surface area contributed by atoms with E-state index in [4.69, 9.17) is 4.74 Å². The number of carbonyl (C=O) groups excluding carboxylic acids is 1. The molecule has 0 aliphatic heterocycles. The summed E-state index contributed by atoms with van der Waals surface area (Å²) in [5.41, 5.74) is 4.70. The van der Waals surface area contributed by atoms with Gasteiger partial charge in [0.05, 0.1) is 12.3 Å². The van der Waals surface area contributed by atoms with Crippen LogP contribution < -0.4 is 5.32 Å². The predicted molar refractivity (Wildman–Crippen MR) is 104 cm³/mol. The summed E-state index contributed by atoms with van der Waals surface area (Å²) in [5, 5.41) is 4.15. The minimum Gasteiger partial charge on any atom is -0.462 e. The fourth-order valence-corrected chi connectivity index (χ4v) is 2.77. The summed E-state index contributed by atoms with van der Waals surface area (Å²) in [6.07, 6.45) is 1.53. The van der Waals surface area contributed by atoms with Crippen molar-refractivity contribution in [2.75, 3.05) is 11.9 Å². The van der Waals surface area contributed by atoms with Crippen molar-refractivity contribution in [2.45, 2.75) is 33.6 Å². The van der Waals surface area contributed by atoms with Crippen LogP contribution in [-0.2, 0) is 4.74 Å². The van der Waals surface area contributed by atoms with E-state index in [-0.39, 0.29) is 0 Å². The number of hydrogen-bond donors (Lipinski definition) is 1. The summed E-state index contributed by atoms with van der Waals surface area (Å²) in [7, 11) is 0. The fraction of sp³-hybridized carbons (Fsp3) is 0.286. The summed E-state index contributed by atoms with van der Waals surface area (Å²) >= 11 is 0. The van der Waals surface area contributed by atoms with Gasteiger partial charge in [-0.2, -0.15) is 0 Å². The highest BCUT2D eigenvalue weighted by atomic mass is 16.5. The van der Waals surface area contributed by atoms with Gasteiger partial charge in [-0.1, -0.05) is 26.0 Å². The van der Waals surface area contributed by atoms with Crippen molar-refractivity contribution in [3.63, 3.8) is 0 Å². The molecule has 0 amide bonds. The molecule has 0 atom stereocenters. The summed E-state index contributed by atoms with van der Waals surface area (Å²) in [6, 6.07) is 12.0. The van der Waals surface area contributed by atoms with Crippen LogP contribution in [0.2, 0.25) is 0 Å². The Morgan fingerprint density at radius 3 is 2.54 bits per heavy atom. The summed E-state index contributed by atoms with van der Waals surface area (Å²) in [5.74, 6) is 0.0665. The van der Waals surface area contributed by atoms with Gasteiger partial charge in [0, 0.05) is 23.0 Å². The van der Waals surface area contributed by atoms with Gasteiger partial charge in [0.1, 0.15) is 5.56 Å². The lowest BCUT2D eigenvalue weighted by Crippen LogP contribution is -2.09. The maximum absolute atomic E-state index is 12.4. The molecule has 134 valence electrons. The zero-order valence-corrected chi connectivity index (χ0v) is 15.5. The van der Waals surface area contributed by atoms with Gasteiger partial charge in [0.2, 0.25) is 0 Å². The Kier molecular flexibility index (Phi) is 5.16. The van der Waals surface area contributed by atoms with Crippen LogP contribution in [0, 0.1) is 6.92 Å². The van der Waals surface area contributed by atoms with Gasteiger partial charge in [-0.15, -0.1) is 0 Å². The van der Waals surface area contributed by atoms with Crippen LogP contribution in [0.4, 0.5) is 11.4 Å². The van der Waals surface area contributed by atoms with Crippen molar-refractivity contribution in [1.29, 1.82) is 0 Å². The third kappa shape index (κ3) is 3.67. The number of nitrogens with one attached hydrogen (secondary N) is 1. The number of ether oxygens (including phenoxy) is 1. The van der Waals surface area contributed by atoms with Crippen LogP contribution in [-0.4, -0.2) is 22.5 Å². The van der Waals surface area contributed by atoms with E-state index in [0.29, 0.717) is 29.4 Å². The second-order valence-electron chi connectivity index (χ2n) is 6.49. The molecule has 3 aromatic rings. The molecular weight excluding hydrogens is 326 g/mol. The molecule has 0 aliphatic carbocycles. The molecule has 1 aromatic carbocycles. The standard InChI is InChI=1S/C21H23N3O2/c1-5-26-21(25)18-12-22-20-17(11-6-14(4)23-20)19(18)24-16-9-7-15(8-10-16)13(2)3/h6-13H,5H2,1-4H3,(H,22,23,24). The number of benzene rings is 1. The van der Waals surface area contributed by atoms with Gasteiger partial charge in [-0.05, 0) is 49.6 Å². The SMILES string of the molecule is CCOC(=O)c1cnc2nc(C)ccc2c1Nc1ccc(C(C)C)cc1. The maximum Gasteiger partial charge on any atom is 0.341 e. The molecule has 0 unspecified atom stereocenters. The van der Waals surface area contributed by atoms with Gasteiger partial charge >= 0.3 is 5.97 Å². The zero-order valence-electron chi connectivity index (χ0n) is 15.5. The molecule has 1 N–H and O–H groups in total. The Balaban J connectivity index is 2.08. The van der Waals surface area contributed by atoms with Crippen LogP contribution in [0.1, 0.15) is 48.3 Å². The Morgan fingerprint density at radius 2 is 1.88 bits per heavy atom. The second-order valence-corrected chi connectivity index (χ2v) is 6.49. The molecule has 26 heavy (non-hydrogen) atoms. The van der Waals surface area contributed by atoms with E-state index in [2.05, 4.69) is 41.3 Å². The van der Waals surface area contributed by atoms with Crippen LogP contribution in [0.25, 0.3) is 11.0 Å². The minimum atomic E-state index is -0.399. The van der Waals surface area contributed by atoms with Crippen LogP contribution >= 0.6 is 0 Å². The molecule has 0 saturated carbocycles. The topological polar surface area (TPSA) is 64.1 Å². The number of hydrogen-bond acceptors (Lipinski definition) is 5. The van der Waals surface area contributed by atoms with E-state index in [9.17, 15) is 4.79 Å². The summed E-state index contributed by atoms with van der Waals surface area (Å²) < 4.78 is 5.19. The first-order valence-electron chi connectivity index (χ1n) is 8.80. The average molecular weight is 349 g/mol. The Bertz CT molecular complexity index is 934. The van der Waals surface area contributed by atoms with Crippen molar-refractivity contribution in [1.82, 2.24) is 9.97 Å². The largest absolute Gasteiger partial charge is 0.462 e. The van der Waals surface area contributed by atoms with Gasteiger partial charge in [0.15, 0.2) is 5.65 Å². The quantitative estimate of drug-likeness (QED) is 0.658. The Hall–Kier alpha value is -2.95. The number of pyridine rings is 2. The van der Waals surface area contributed by atoms with E-state index < -0.39 is 5.97 Å². The molecule has 2 heterocycles. The molecule has 0 bridgehead atoms. The molecule has 0 spiro atoms. The predicted octanol–water partition coefficient (Wildman–Crippen LogP) is 4.98. The molecule has 0 fully saturated rings. The highest BCUT2D eigenvalue weighted by molar-refractivity contribution is 6.05. The second kappa shape index (κ2) is 7.52. The molecule has 3 rings (SSSR count). The number of rotatable bonds is 5. The zero-order chi connectivity index (χ0) is 18.7. The third-order valence-electron chi connectivity index (χ3n) is 4.21. The molecule has 0 saturated heterocycles. The van der Waals surface area contributed by atoms with Crippen LogP contribution in [0.15, 0.2) is 42.6 Å². The number of carbonyl (C=O) groups is 1. The Labute approximate surface area is 153 Å². The van der Waals surface area contributed by atoms with Crippen molar-refractivity contribution in [3.8, 4) is 0 Å². The van der Waals surface area contributed by atoms with Crippen molar-refractivity contribution >= 4 is 28.4 Å². The smallest absolute Gasteiger partial charge is 0.341 e. The van der Waals surface area contributed by atoms with E-state index in [1.54, 1.807) is 6.92 Å². The van der Waals surface area contributed by atoms with Crippen molar-refractivity contribution < 1.29 is 9.53 Å². The van der Waals surface area contributed by atoms with Gasteiger partial charge in [-0.3, -0.25) is 0 Å². The lowest BCUT2D eigenvalue weighted by atomic mass is 10.0. The number of aromatic nitrogens is 2. The molecule has 2 aromatic heterocycles. The number of esters is 1. The lowest BCUT2D eigenvalue weighted by Gasteiger charge is -2.15. The van der Waals surface area contributed by atoms with Crippen LogP contribution in [0.5, 0.6) is 0 Å². The van der Waals surface area contributed by atoms with E-state index in [1.807, 2.05) is 31.2 Å². The molecular formula is C21H23N3O2. The van der Waals surface area contributed by atoms with E-state index >= 15 is 0 Å². The van der Waals surface area contributed by atoms with Crippen LogP contribution in [0.3, 0.4) is 0 Å². The van der Waals surface area contributed by atoms with E-state index in [1.165, 1.54) is 11.8 Å².